The topological polar surface area (TPSA) is 23.5 Å². The summed E-state index contributed by atoms with van der Waals surface area (Å²) in [5.74, 6) is 0.0357. The second kappa shape index (κ2) is 6.69. The van der Waals surface area contributed by atoms with Crippen LogP contribution in [0.5, 0.6) is 0 Å². The number of nitrogens with zero attached hydrogens (tertiary/aromatic N) is 1. The average Bonchev–Trinajstić information content (AvgIpc) is 2.63. The minimum atomic E-state index is -0.744. The fourth-order valence-corrected chi connectivity index (χ4v) is 3.03. The fourth-order valence-electron chi connectivity index (χ4n) is 3.03. The molecule has 1 aromatic rings. The Labute approximate surface area is 121 Å². The average molecular weight is 288 g/mol. The highest BCUT2D eigenvalue weighted by molar-refractivity contribution is 5.85. The number of aliphatic hydroxyl groups is 1. The third kappa shape index (κ3) is 3.91. The summed E-state index contributed by atoms with van der Waals surface area (Å²) >= 11 is 0. The summed E-state index contributed by atoms with van der Waals surface area (Å²) in [6.45, 7) is 0.866. The van der Waals surface area contributed by atoms with E-state index in [1.165, 1.54) is 6.07 Å². The van der Waals surface area contributed by atoms with Crippen LogP contribution in [0.3, 0.4) is 0 Å². The summed E-state index contributed by atoms with van der Waals surface area (Å²) in [5, 5.41) is 10.8. The molecule has 1 fully saturated rings. The van der Waals surface area contributed by atoms with E-state index in [9.17, 15) is 9.50 Å². The Morgan fingerprint density at radius 3 is 2.68 bits per heavy atom. The minimum absolute atomic E-state index is 0. The highest BCUT2D eigenvalue weighted by Gasteiger charge is 2.41. The normalized spacial score (nSPS) is 26.5. The van der Waals surface area contributed by atoms with Crippen LogP contribution in [0.15, 0.2) is 24.3 Å². The van der Waals surface area contributed by atoms with Crippen molar-refractivity contribution in [2.75, 3.05) is 20.6 Å². The van der Waals surface area contributed by atoms with Crippen molar-refractivity contribution < 1.29 is 9.50 Å². The lowest BCUT2D eigenvalue weighted by atomic mass is 9.84. The zero-order valence-corrected chi connectivity index (χ0v) is 12.4. The lowest BCUT2D eigenvalue weighted by Gasteiger charge is -2.32. The standard InChI is InChI=1S/C15H22FNO.ClH/c1-17(2)11-13-7-5-9-15(13,18)10-12-6-3-4-8-14(12)16;/h3-4,6,8,13,18H,5,7,9-11H2,1-2H3;1H/t13-,15-;/m0./s1. The van der Waals surface area contributed by atoms with Crippen LogP contribution in [-0.4, -0.2) is 36.2 Å². The minimum Gasteiger partial charge on any atom is -0.389 e. The Morgan fingerprint density at radius 2 is 2.05 bits per heavy atom. The van der Waals surface area contributed by atoms with Crippen LogP contribution < -0.4 is 0 Å². The molecule has 2 nitrogen and oxygen atoms in total. The number of benzene rings is 1. The summed E-state index contributed by atoms with van der Waals surface area (Å²) in [6.07, 6.45) is 3.27. The molecule has 1 aromatic carbocycles. The van der Waals surface area contributed by atoms with Crippen molar-refractivity contribution in [3.8, 4) is 0 Å². The number of rotatable bonds is 4. The van der Waals surface area contributed by atoms with Crippen LogP contribution in [0.25, 0.3) is 0 Å². The second-order valence-electron chi connectivity index (χ2n) is 5.72. The van der Waals surface area contributed by atoms with E-state index in [2.05, 4.69) is 4.90 Å². The van der Waals surface area contributed by atoms with Gasteiger partial charge in [-0.2, -0.15) is 0 Å². The summed E-state index contributed by atoms with van der Waals surface area (Å²) in [7, 11) is 4.03. The van der Waals surface area contributed by atoms with Crippen LogP contribution in [-0.2, 0) is 6.42 Å². The lowest BCUT2D eigenvalue weighted by molar-refractivity contribution is -0.00633. The van der Waals surface area contributed by atoms with Gasteiger partial charge in [-0.15, -0.1) is 12.4 Å². The highest BCUT2D eigenvalue weighted by atomic mass is 35.5. The third-order valence-corrected chi connectivity index (χ3v) is 3.96. The van der Waals surface area contributed by atoms with Crippen LogP contribution in [0.4, 0.5) is 4.39 Å². The van der Waals surface area contributed by atoms with Gasteiger partial charge in [0.2, 0.25) is 0 Å². The van der Waals surface area contributed by atoms with E-state index in [1.54, 1.807) is 12.1 Å². The van der Waals surface area contributed by atoms with Crippen molar-refractivity contribution in [2.45, 2.75) is 31.3 Å². The van der Waals surface area contributed by atoms with Gasteiger partial charge in [-0.3, -0.25) is 0 Å². The molecule has 0 unspecified atom stereocenters. The highest BCUT2D eigenvalue weighted by Crippen LogP contribution is 2.38. The van der Waals surface area contributed by atoms with Gasteiger partial charge in [0, 0.05) is 18.9 Å². The molecule has 0 aliphatic heterocycles. The van der Waals surface area contributed by atoms with E-state index >= 15 is 0 Å². The van der Waals surface area contributed by atoms with Crippen molar-refractivity contribution >= 4 is 12.4 Å². The number of hydrogen-bond acceptors (Lipinski definition) is 2. The van der Waals surface area contributed by atoms with Crippen LogP contribution in [0, 0.1) is 11.7 Å². The lowest BCUT2D eigenvalue weighted by Crippen LogP contribution is -2.41. The summed E-state index contributed by atoms with van der Waals surface area (Å²) in [6, 6.07) is 6.76. The van der Waals surface area contributed by atoms with Crippen molar-refractivity contribution in [3.05, 3.63) is 35.6 Å². The van der Waals surface area contributed by atoms with Gasteiger partial charge >= 0.3 is 0 Å². The molecule has 1 N–H and O–H groups in total. The molecule has 0 amide bonds. The van der Waals surface area contributed by atoms with Crippen LogP contribution in [0.1, 0.15) is 24.8 Å². The van der Waals surface area contributed by atoms with Gasteiger partial charge in [0.15, 0.2) is 0 Å². The first-order valence-electron chi connectivity index (χ1n) is 6.62. The quantitative estimate of drug-likeness (QED) is 0.920. The molecule has 0 spiro atoms. The van der Waals surface area contributed by atoms with Crippen LogP contribution >= 0.6 is 12.4 Å². The predicted molar refractivity (Wildman–Crippen MR) is 78.2 cm³/mol. The maximum absolute atomic E-state index is 13.7. The molecule has 1 aliphatic carbocycles. The molecule has 0 saturated heterocycles. The van der Waals surface area contributed by atoms with Gasteiger partial charge in [-0.1, -0.05) is 24.6 Å². The summed E-state index contributed by atoms with van der Waals surface area (Å²) in [5.41, 5.74) is -0.113. The van der Waals surface area contributed by atoms with Crippen molar-refractivity contribution in [1.29, 1.82) is 0 Å². The molecule has 108 valence electrons. The Bertz CT molecular complexity index is 413. The van der Waals surface area contributed by atoms with Crippen molar-refractivity contribution in [2.24, 2.45) is 5.92 Å². The first-order valence-corrected chi connectivity index (χ1v) is 6.62. The molecule has 1 saturated carbocycles. The van der Waals surface area contributed by atoms with E-state index in [0.717, 1.165) is 25.8 Å². The Hall–Kier alpha value is -0.640. The molecule has 0 bridgehead atoms. The monoisotopic (exact) mass is 287 g/mol. The van der Waals surface area contributed by atoms with E-state index in [1.807, 2.05) is 20.2 Å². The van der Waals surface area contributed by atoms with Crippen molar-refractivity contribution in [1.82, 2.24) is 4.90 Å². The molecular formula is C15H23ClFNO. The van der Waals surface area contributed by atoms with Crippen molar-refractivity contribution in [3.63, 3.8) is 0 Å². The molecular weight excluding hydrogens is 265 g/mol. The number of halogens is 2. The van der Waals surface area contributed by atoms with Gasteiger partial charge in [0.25, 0.3) is 0 Å². The van der Waals surface area contributed by atoms with E-state index in [-0.39, 0.29) is 24.1 Å². The van der Waals surface area contributed by atoms with E-state index in [4.69, 9.17) is 0 Å². The second-order valence-corrected chi connectivity index (χ2v) is 5.72. The molecule has 2 rings (SSSR count). The Balaban J connectivity index is 0.00000180. The SMILES string of the molecule is CN(C)C[C@@H]1CCC[C@]1(O)Cc1ccccc1F.Cl. The number of hydrogen-bond donors (Lipinski definition) is 1. The zero-order valence-electron chi connectivity index (χ0n) is 11.6. The van der Waals surface area contributed by atoms with Gasteiger partial charge in [-0.25, -0.2) is 4.39 Å². The Morgan fingerprint density at radius 1 is 1.37 bits per heavy atom. The van der Waals surface area contributed by atoms with Gasteiger partial charge in [0.05, 0.1) is 5.60 Å². The molecule has 0 aromatic heterocycles. The predicted octanol–water partition coefficient (Wildman–Crippen LogP) is 2.88. The smallest absolute Gasteiger partial charge is 0.126 e. The maximum atomic E-state index is 13.7. The molecule has 1 aliphatic rings. The van der Waals surface area contributed by atoms with E-state index in [0.29, 0.717) is 12.0 Å². The van der Waals surface area contributed by atoms with Gasteiger partial charge < -0.3 is 10.0 Å². The molecule has 2 atom stereocenters. The molecule has 4 heteroatoms. The summed E-state index contributed by atoms with van der Waals surface area (Å²) < 4.78 is 13.7. The molecule has 0 radical (unpaired) electrons. The maximum Gasteiger partial charge on any atom is 0.126 e. The largest absolute Gasteiger partial charge is 0.389 e. The molecule has 0 heterocycles. The zero-order chi connectivity index (χ0) is 13.2. The van der Waals surface area contributed by atoms with Crippen LogP contribution in [0.2, 0.25) is 0 Å². The van der Waals surface area contributed by atoms with Gasteiger partial charge in [0.1, 0.15) is 5.82 Å². The van der Waals surface area contributed by atoms with E-state index < -0.39 is 5.60 Å². The fraction of sp³-hybridized carbons (Fsp3) is 0.600. The first-order chi connectivity index (χ1) is 8.51. The third-order valence-electron chi connectivity index (χ3n) is 3.96. The summed E-state index contributed by atoms with van der Waals surface area (Å²) in [4.78, 5) is 2.10. The van der Waals surface area contributed by atoms with Gasteiger partial charge in [-0.05, 0) is 38.6 Å². The first kappa shape index (κ1) is 16.4. The Kier molecular flexibility index (Phi) is 5.78. The molecule has 19 heavy (non-hydrogen) atoms.